The van der Waals surface area contributed by atoms with E-state index >= 15 is 0 Å². The number of aliphatic hydroxyl groups is 1. The summed E-state index contributed by atoms with van der Waals surface area (Å²) < 4.78 is 10.8. The fraction of sp³-hybridized carbons (Fsp3) is 0.333. The van der Waals surface area contributed by atoms with Crippen molar-refractivity contribution in [1.82, 2.24) is 0 Å². The Hall–Kier alpha value is -1.74. The van der Waals surface area contributed by atoms with Crippen LogP contribution in [0.25, 0.3) is 10.8 Å². The van der Waals surface area contributed by atoms with Crippen molar-refractivity contribution in [1.29, 1.82) is 0 Å². The van der Waals surface area contributed by atoms with Gasteiger partial charge in [0.15, 0.2) is 0 Å². The summed E-state index contributed by atoms with van der Waals surface area (Å²) in [5, 5.41) is 12.1. The molecule has 0 radical (unpaired) electrons. The van der Waals surface area contributed by atoms with Crippen LogP contribution in [0, 0.1) is 0 Å². The van der Waals surface area contributed by atoms with Gasteiger partial charge < -0.3 is 14.6 Å². The summed E-state index contributed by atoms with van der Waals surface area (Å²) in [6.07, 6.45) is 0. The van der Waals surface area contributed by atoms with Crippen molar-refractivity contribution in [3.8, 4) is 11.5 Å². The van der Waals surface area contributed by atoms with E-state index in [9.17, 15) is 5.11 Å². The first-order chi connectivity index (χ1) is 8.49. The SMILES string of the molecule is COc1cccc2c(OC)c(C(C)(C)O)ccc12. The molecule has 18 heavy (non-hydrogen) atoms. The van der Waals surface area contributed by atoms with Crippen molar-refractivity contribution in [2.75, 3.05) is 14.2 Å². The van der Waals surface area contributed by atoms with Crippen molar-refractivity contribution < 1.29 is 14.6 Å². The molecule has 0 aromatic heterocycles. The van der Waals surface area contributed by atoms with Crippen molar-refractivity contribution in [2.45, 2.75) is 19.4 Å². The van der Waals surface area contributed by atoms with E-state index in [0.29, 0.717) is 5.75 Å². The predicted molar refractivity (Wildman–Crippen MR) is 72.3 cm³/mol. The van der Waals surface area contributed by atoms with Gasteiger partial charge in [-0.1, -0.05) is 18.2 Å². The van der Waals surface area contributed by atoms with E-state index in [4.69, 9.17) is 9.47 Å². The molecule has 0 atom stereocenters. The molecular formula is C15H18O3. The molecule has 1 N–H and O–H groups in total. The van der Waals surface area contributed by atoms with Crippen LogP contribution < -0.4 is 9.47 Å². The van der Waals surface area contributed by atoms with Crippen LogP contribution in [0.1, 0.15) is 19.4 Å². The van der Waals surface area contributed by atoms with Crippen LogP contribution in [0.5, 0.6) is 11.5 Å². The van der Waals surface area contributed by atoms with Crippen molar-refractivity contribution in [2.24, 2.45) is 0 Å². The van der Waals surface area contributed by atoms with E-state index in [1.807, 2.05) is 30.3 Å². The van der Waals surface area contributed by atoms with Crippen molar-refractivity contribution in [3.05, 3.63) is 35.9 Å². The monoisotopic (exact) mass is 246 g/mol. The van der Waals surface area contributed by atoms with Crippen LogP contribution in [0.2, 0.25) is 0 Å². The van der Waals surface area contributed by atoms with Crippen LogP contribution in [-0.2, 0) is 5.60 Å². The van der Waals surface area contributed by atoms with E-state index in [1.54, 1.807) is 28.1 Å². The highest BCUT2D eigenvalue weighted by Crippen LogP contribution is 2.38. The molecule has 96 valence electrons. The van der Waals surface area contributed by atoms with E-state index in [-0.39, 0.29) is 0 Å². The molecule has 0 unspecified atom stereocenters. The van der Waals surface area contributed by atoms with Crippen LogP contribution in [0.3, 0.4) is 0 Å². The van der Waals surface area contributed by atoms with E-state index in [2.05, 4.69) is 0 Å². The number of methoxy groups -OCH3 is 2. The fourth-order valence-electron chi connectivity index (χ4n) is 2.18. The average Bonchev–Trinajstić information content (AvgIpc) is 2.35. The Morgan fingerprint density at radius 1 is 0.944 bits per heavy atom. The summed E-state index contributed by atoms with van der Waals surface area (Å²) in [6, 6.07) is 9.61. The largest absolute Gasteiger partial charge is 0.496 e. The summed E-state index contributed by atoms with van der Waals surface area (Å²) in [7, 11) is 3.26. The minimum atomic E-state index is -0.942. The average molecular weight is 246 g/mol. The van der Waals surface area contributed by atoms with Crippen LogP contribution in [0.15, 0.2) is 30.3 Å². The Labute approximate surface area is 107 Å². The van der Waals surface area contributed by atoms with Gasteiger partial charge in [0.05, 0.1) is 19.8 Å². The highest BCUT2D eigenvalue weighted by molar-refractivity contribution is 5.94. The third-order valence-corrected chi connectivity index (χ3v) is 3.06. The summed E-state index contributed by atoms with van der Waals surface area (Å²) >= 11 is 0. The van der Waals surface area contributed by atoms with E-state index in [1.165, 1.54) is 0 Å². The van der Waals surface area contributed by atoms with Gasteiger partial charge in [0.25, 0.3) is 0 Å². The fourth-order valence-corrected chi connectivity index (χ4v) is 2.18. The molecule has 2 aromatic carbocycles. The molecule has 0 heterocycles. The van der Waals surface area contributed by atoms with Crippen LogP contribution in [-0.4, -0.2) is 19.3 Å². The van der Waals surface area contributed by atoms with Crippen molar-refractivity contribution in [3.63, 3.8) is 0 Å². The molecule has 0 spiro atoms. The Bertz CT molecular complexity index is 568. The number of hydrogen-bond acceptors (Lipinski definition) is 3. The highest BCUT2D eigenvalue weighted by atomic mass is 16.5. The molecule has 0 aliphatic rings. The van der Waals surface area contributed by atoms with Gasteiger partial charge in [-0.3, -0.25) is 0 Å². The zero-order chi connectivity index (χ0) is 13.3. The van der Waals surface area contributed by atoms with E-state index < -0.39 is 5.60 Å². The Morgan fingerprint density at radius 3 is 2.22 bits per heavy atom. The molecular weight excluding hydrogens is 228 g/mol. The predicted octanol–water partition coefficient (Wildman–Crippen LogP) is 3.08. The van der Waals surface area contributed by atoms with Gasteiger partial charge in [-0.25, -0.2) is 0 Å². The van der Waals surface area contributed by atoms with Gasteiger partial charge in [-0.2, -0.15) is 0 Å². The van der Waals surface area contributed by atoms with Gasteiger partial charge in [0.2, 0.25) is 0 Å². The van der Waals surface area contributed by atoms with Crippen LogP contribution in [0.4, 0.5) is 0 Å². The topological polar surface area (TPSA) is 38.7 Å². The number of benzene rings is 2. The second-order valence-electron chi connectivity index (χ2n) is 4.76. The summed E-state index contributed by atoms with van der Waals surface area (Å²) in [5.41, 5.74) is -0.173. The lowest BCUT2D eigenvalue weighted by Gasteiger charge is -2.22. The zero-order valence-electron chi connectivity index (χ0n) is 11.2. The number of hydrogen-bond donors (Lipinski definition) is 1. The quantitative estimate of drug-likeness (QED) is 0.904. The van der Waals surface area contributed by atoms with Gasteiger partial charge in [-0.15, -0.1) is 0 Å². The summed E-state index contributed by atoms with van der Waals surface area (Å²) in [5.74, 6) is 1.49. The second-order valence-corrected chi connectivity index (χ2v) is 4.76. The first-order valence-corrected chi connectivity index (χ1v) is 5.85. The molecule has 0 aliphatic carbocycles. The number of fused-ring (bicyclic) bond motifs is 1. The van der Waals surface area contributed by atoms with Gasteiger partial charge in [0, 0.05) is 16.3 Å². The van der Waals surface area contributed by atoms with E-state index in [0.717, 1.165) is 22.1 Å². The third-order valence-electron chi connectivity index (χ3n) is 3.06. The van der Waals surface area contributed by atoms with Crippen LogP contribution >= 0.6 is 0 Å². The third kappa shape index (κ3) is 2.02. The lowest BCUT2D eigenvalue weighted by atomic mass is 9.94. The number of rotatable bonds is 3. The highest BCUT2D eigenvalue weighted by Gasteiger charge is 2.22. The lowest BCUT2D eigenvalue weighted by Crippen LogP contribution is -2.16. The normalized spacial score (nSPS) is 11.6. The lowest BCUT2D eigenvalue weighted by molar-refractivity contribution is 0.0759. The molecule has 0 fully saturated rings. The first-order valence-electron chi connectivity index (χ1n) is 5.85. The maximum absolute atomic E-state index is 10.2. The van der Waals surface area contributed by atoms with Crippen molar-refractivity contribution >= 4 is 10.8 Å². The molecule has 0 aliphatic heterocycles. The molecule has 0 saturated carbocycles. The Morgan fingerprint density at radius 2 is 1.67 bits per heavy atom. The second kappa shape index (κ2) is 4.50. The first kappa shape index (κ1) is 12.7. The minimum Gasteiger partial charge on any atom is -0.496 e. The minimum absolute atomic E-state index is 0.693. The van der Waals surface area contributed by atoms with Gasteiger partial charge in [0.1, 0.15) is 11.5 Å². The molecule has 3 heteroatoms. The maximum atomic E-state index is 10.2. The molecule has 2 aromatic rings. The standard InChI is InChI=1S/C15H18O3/c1-15(2,16)12-9-8-10-11(14(12)18-4)6-5-7-13(10)17-3/h5-9,16H,1-4H3. The molecule has 0 bridgehead atoms. The maximum Gasteiger partial charge on any atom is 0.132 e. The Balaban J connectivity index is 2.81. The van der Waals surface area contributed by atoms with Gasteiger partial charge >= 0.3 is 0 Å². The smallest absolute Gasteiger partial charge is 0.132 e. The molecule has 2 rings (SSSR count). The number of ether oxygens (including phenoxy) is 2. The molecule has 3 nitrogen and oxygen atoms in total. The molecule has 0 saturated heterocycles. The Kier molecular flexibility index (Phi) is 3.18. The zero-order valence-corrected chi connectivity index (χ0v) is 11.2. The summed E-state index contributed by atoms with van der Waals surface area (Å²) in [6.45, 7) is 3.49. The summed E-state index contributed by atoms with van der Waals surface area (Å²) in [4.78, 5) is 0. The molecule has 0 amide bonds. The van der Waals surface area contributed by atoms with Gasteiger partial charge in [-0.05, 0) is 26.0 Å².